The van der Waals surface area contributed by atoms with Gasteiger partial charge in [-0.2, -0.15) is 0 Å². The second kappa shape index (κ2) is 6.17. The largest absolute Gasteiger partial charge is 0.462 e. The van der Waals surface area contributed by atoms with E-state index in [2.05, 4.69) is 5.32 Å². The van der Waals surface area contributed by atoms with E-state index in [1.807, 2.05) is 31.2 Å². The zero-order chi connectivity index (χ0) is 17.6. The third-order valence-corrected chi connectivity index (χ3v) is 5.77. The van der Waals surface area contributed by atoms with E-state index in [9.17, 15) is 14.4 Å². The van der Waals surface area contributed by atoms with Crippen LogP contribution in [0.5, 0.6) is 0 Å². The van der Waals surface area contributed by atoms with E-state index in [1.165, 1.54) is 0 Å². The lowest BCUT2D eigenvalue weighted by Gasteiger charge is -2.22. The van der Waals surface area contributed by atoms with Gasteiger partial charge in [0.25, 0.3) is 5.91 Å². The Bertz CT molecular complexity index is 728. The zero-order valence-electron chi connectivity index (χ0n) is 14.1. The molecular formula is C19H21NO5. The number of fused-ring (bicyclic) bond motifs is 1. The Morgan fingerprint density at radius 3 is 2.88 bits per heavy atom. The van der Waals surface area contributed by atoms with Crippen molar-refractivity contribution < 1.29 is 23.9 Å². The molecule has 1 N–H and O–H groups in total. The molecule has 0 radical (unpaired) electrons. The molecule has 0 spiro atoms. The fraction of sp³-hybridized carbons (Fsp3) is 0.526. The van der Waals surface area contributed by atoms with Gasteiger partial charge in [0.05, 0.1) is 11.8 Å². The number of anilines is 1. The summed E-state index contributed by atoms with van der Waals surface area (Å²) in [5.74, 6) is -1.63. The Hall–Kier alpha value is -2.37. The minimum atomic E-state index is -0.452. The number of amides is 1. The highest BCUT2D eigenvalue weighted by atomic mass is 16.6. The van der Waals surface area contributed by atoms with Gasteiger partial charge in [-0.3, -0.25) is 14.4 Å². The maximum Gasteiger partial charge on any atom is 0.310 e. The molecule has 0 aromatic heterocycles. The van der Waals surface area contributed by atoms with Crippen LogP contribution in [0.2, 0.25) is 0 Å². The molecule has 132 valence electrons. The molecule has 1 amide bonds. The highest BCUT2D eigenvalue weighted by Gasteiger charge is 2.64. The van der Waals surface area contributed by atoms with Crippen LogP contribution in [0.15, 0.2) is 24.3 Å². The molecule has 3 fully saturated rings. The maximum atomic E-state index is 12.4. The summed E-state index contributed by atoms with van der Waals surface area (Å²) in [5, 5.41) is 2.78. The molecule has 6 heteroatoms. The first kappa shape index (κ1) is 16.1. The van der Waals surface area contributed by atoms with Crippen LogP contribution in [-0.2, 0) is 30.3 Å². The number of hydrogen-bond acceptors (Lipinski definition) is 5. The summed E-state index contributed by atoms with van der Waals surface area (Å²) in [7, 11) is 0. The number of hydrogen-bond donors (Lipinski definition) is 1. The minimum absolute atomic E-state index is 0.0135. The Morgan fingerprint density at radius 2 is 2.08 bits per heavy atom. The monoisotopic (exact) mass is 343 g/mol. The van der Waals surface area contributed by atoms with Crippen molar-refractivity contribution in [1.29, 1.82) is 0 Å². The molecule has 5 atom stereocenters. The molecule has 2 bridgehead atoms. The van der Waals surface area contributed by atoms with E-state index in [4.69, 9.17) is 9.47 Å². The van der Waals surface area contributed by atoms with Gasteiger partial charge in [-0.05, 0) is 36.8 Å². The van der Waals surface area contributed by atoms with Crippen LogP contribution in [0.1, 0.15) is 25.3 Å². The molecule has 1 saturated heterocycles. The Labute approximate surface area is 145 Å². The van der Waals surface area contributed by atoms with Crippen LogP contribution in [0.25, 0.3) is 0 Å². The highest BCUT2D eigenvalue weighted by molar-refractivity contribution is 5.94. The normalized spacial score (nSPS) is 31.7. The summed E-state index contributed by atoms with van der Waals surface area (Å²) in [5.41, 5.74) is 1.75. The van der Waals surface area contributed by atoms with Crippen LogP contribution in [0.3, 0.4) is 0 Å². The smallest absolute Gasteiger partial charge is 0.310 e. The van der Waals surface area contributed by atoms with Crippen molar-refractivity contribution in [2.75, 3.05) is 11.9 Å². The first-order valence-electron chi connectivity index (χ1n) is 8.83. The highest BCUT2D eigenvalue weighted by Crippen LogP contribution is 2.57. The van der Waals surface area contributed by atoms with Gasteiger partial charge in [-0.1, -0.05) is 25.1 Å². The third-order valence-electron chi connectivity index (χ3n) is 5.77. The van der Waals surface area contributed by atoms with Crippen molar-refractivity contribution in [3.8, 4) is 0 Å². The molecule has 0 unspecified atom stereocenters. The average Bonchev–Trinajstić information content (AvgIpc) is 3.22. The van der Waals surface area contributed by atoms with Crippen LogP contribution >= 0.6 is 0 Å². The van der Waals surface area contributed by atoms with E-state index in [0.717, 1.165) is 30.5 Å². The maximum absolute atomic E-state index is 12.4. The summed E-state index contributed by atoms with van der Waals surface area (Å²) < 4.78 is 10.5. The summed E-state index contributed by atoms with van der Waals surface area (Å²) in [6.07, 6.45) is 2.37. The Morgan fingerprint density at radius 1 is 1.28 bits per heavy atom. The Balaban J connectivity index is 1.35. The molecule has 1 aliphatic heterocycles. The lowest BCUT2D eigenvalue weighted by Crippen LogP contribution is -2.35. The second-order valence-corrected chi connectivity index (χ2v) is 7.09. The number of carbonyl (C=O) groups is 3. The van der Waals surface area contributed by atoms with Crippen LogP contribution in [0, 0.1) is 23.7 Å². The predicted octanol–water partition coefficient (Wildman–Crippen LogP) is 1.93. The summed E-state index contributed by atoms with van der Waals surface area (Å²) >= 11 is 0. The first-order chi connectivity index (χ1) is 12.1. The molecule has 4 rings (SSSR count). The van der Waals surface area contributed by atoms with Gasteiger partial charge in [-0.15, -0.1) is 0 Å². The molecule has 1 aromatic carbocycles. The van der Waals surface area contributed by atoms with E-state index >= 15 is 0 Å². The predicted molar refractivity (Wildman–Crippen MR) is 88.5 cm³/mol. The van der Waals surface area contributed by atoms with Crippen LogP contribution in [0.4, 0.5) is 5.69 Å². The fourth-order valence-electron chi connectivity index (χ4n) is 4.69. The van der Waals surface area contributed by atoms with Crippen LogP contribution in [-0.4, -0.2) is 30.6 Å². The van der Waals surface area contributed by atoms with Crippen molar-refractivity contribution in [2.45, 2.75) is 32.3 Å². The summed E-state index contributed by atoms with van der Waals surface area (Å²) in [6, 6.07) is 7.53. The molecule has 3 aliphatic rings. The van der Waals surface area contributed by atoms with Gasteiger partial charge >= 0.3 is 11.9 Å². The van der Waals surface area contributed by atoms with Crippen molar-refractivity contribution in [3.05, 3.63) is 29.8 Å². The third kappa shape index (κ3) is 2.69. The van der Waals surface area contributed by atoms with Gasteiger partial charge in [0, 0.05) is 11.6 Å². The topological polar surface area (TPSA) is 81.7 Å². The van der Waals surface area contributed by atoms with Gasteiger partial charge in [-0.25, -0.2) is 0 Å². The molecule has 6 nitrogen and oxygen atoms in total. The van der Waals surface area contributed by atoms with E-state index in [-0.39, 0.29) is 42.3 Å². The van der Waals surface area contributed by atoms with Gasteiger partial charge in [0.1, 0.15) is 6.10 Å². The van der Waals surface area contributed by atoms with Gasteiger partial charge < -0.3 is 14.8 Å². The summed E-state index contributed by atoms with van der Waals surface area (Å²) in [6.45, 7) is 1.67. The standard InChI is InChI=1S/C19H21NO5/c1-2-10-5-3-4-6-13(10)20-15(21)9-24-18(22)16-11-7-12-14(8-11)25-19(23)17(12)16/h3-6,11-12,14,16-17H,2,7-9H2,1H3,(H,20,21)/t11-,12+,14-,16-,17+/m1/s1. The molecule has 25 heavy (non-hydrogen) atoms. The molecule has 1 aromatic rings. The SMILES string of the molecule is CCc1ccccc1NC(=O)COC(=O)[C@@H]1[C@@H]2C[C@@H]3[C@@H]1C(=O)O[C@@H]3C2. The first-order valence-corrected chi connectivity index (χ1v) is 8.83. The van der Waals surface area contributed by atoms with Crippen molar-refractivity contribution >= 4 is 23.5 Å². The number of esters is 2. The number of para-hydroxylation sites is 1. The average molecular weight is 343 g/mol. The number of carbonyl (C=O) groups excluding carboxylic acids is 3. The van der Waals surface area contributed by atoms with Crippen molar-refractivity contribution in [3.63, 3.8) is 0 Å². The van der Waals surface area contributed by atoms with Gasteiger partial charge in [0.2, 0.25) is 0 Å². The minimum Gasteiger partial charge on any atom is -0.462 e. The zero-order valence-corrected chi connectivity index (χ0v) is 14.1. The number of benzene rings is 1. The fourth-order valence-corrected chi connectivity index (χ4v) is 4.69. The van der Waals surface area contributed by atoms with Crippen LogP contribution < -0.4 is 5.32 Å². The molecular weight excluding hydrogens is 322 g/mol. The second-order valence-electron chi connectivity index (χ2n) is 7.09. The Kier molecular flexibility index (Phi) is 3.98. The van der Waals surface area contributed by atoms with Crippen molar-refractivity contribution in [2.24, 2.45) is 23.7 Å². The number of aryl methyl sites for hydroxylation is 1. The quantitative estimate of drug-likeness (QED) is 0.826. The van der Waals surface area contributed by atoms with E-state index in [1.54, 1.807) is 0 Å². The molecule has 2 saturated carbocycles. The van der Waals surface area contributed by atoms with E-state index < -0.39 is 11.9 Å². The molecule has 1 heterocycles. The summed E-state index contributed by atoms with van der Waals surface area (Å²) in [4.78, 5) is 36.5. The molecule has 2 aliphatic carbocycles. The number of ether oxygens (including phenoxy) is 2. The lowest BCUT2D eigenvalue weighted by atomic mass is 9.80. The lowest BCUT2D eigenvalue weighted by molar-refractivity contribution is -0.157. The van der Waals surface area contributed by atoms with Crippen molar-refractivity contribution in [1.82, 2.24) is 0 Å². The number of nitrogens with one attached hydrogen (secondary N) is 1. The number of rotatable bonds is 5. The van der Waals surface area contributed by atoms with Gasteiger partial charge in [0.15, 0.2) is 6.61 Å². The van der Waals surface area contributed by atoms with E-state index in [0.29, 0.717) is 0 Å².